The smallest absolute Gasteiger partial charge is 0.408 e. The third kappa shape index (κ3) is 2.98. The number of alkyl halides is 2. The van der Waals surface area contributed by atoms with Crippen molar-refractivity contribution in [3.05, 3.63) is 59.1 Å². The Bertz CT molecular complexity index is 707. The van der Waals surface area contributed by atoms with Crippen molar-refractivity contribution in [3.8, 4) is 5.75 Å². The van der Waals surface area contributed by atoms with Gasteiger partial charge in [-0.2, -0.15) is 8.78 Å². The molecule has 7 heteroatoms. The van der Waals surface area contributed by atoms with Crippen molar-refractivity contribution in [1.29, 1.82) is 0 Å². The van der Waals surface area contributed by atoms with Crippen molar-refractivity contribution in [2.24, 2.45) is 0 Å². The molecule has 116 valence electrons. The zero-order valence-electron chi connectivity index (χ0n) is 12.2. The zero-order chi connectivity index (χ0) is 15.9. The number of nitrogens with zero attached hydrogens (tertiary/aromatic N) is 1. The second-order valence-corrected chi connectivity index (χ2v) is 5.85. The van der Waals surface area contributed by atoms with Crippen molar-refractivity contribution in [2.45, 2.75) is 19.7 Å². The van der Waals surface area contributed by atoms with Crippen LogP contribution in [0, 0.1) is 6.92 Å². The molecule has 0 radical (unpaired) electrons. The van der Waals surface area contributed by atoms with Crippen LogP contribution in [0.5, 0.6) is 5.75 Å². The second-order valence-electron chi connectivity index (χ2n) is 5.17. The number of hydrazine groups is 2. The molecule has 22 heavy (non-hydrogen) atoms. The molecule has 0 fully saturated rings. The molecular formula is C15H16F2N3OP. The van der Waals surface area contributed by atoms with Gasteiger partial charge in [0.15, 0.2) is 0 Å². The first-order valence-electron chi connectivity index (χ1n) is 6.72. The van der Waals surface area contributed by atoms with E-state index in [9.17, 15) is 8.78 Å². The highest BCUT2D eigenvalue weighted by molar-refractivity contribution is 7.17. The van der Waals surface area contributed by atoms with E-state index in [2.05, 4.69) is 15.7 Å². The highest BCUT2D eigenvalue weighted by atomic mass is 31.0. The van der Waals surface area contributed by atoms with Gasteiger partial charge in [-0.1, -0.05) is 6.07 Å². The summed E-state index contributed by atoms with van der Waals surface area (Å²) in [5.41, 5.74) is 10.9. The normalized spacial score (nSPS) is 17.3. The summed E-state index contributed by atoms with van der Waals surface area (Å²) < 4.78 is 30.3. The van der Waals surface area contributed by atoms with E-state index in [1.165, 1.54) is 9.24 Å². The second kappa shape index (κ2) is 5.38. The van der Waals surface area contributed by atoms with Crippen molar-refractivity contribution >= 4 is 14.8 Å². The van der Waals surface area contributed by atoms with Crippen molar-refractivity contribution in [3.63, 3.8) is 0 Å². The van der Waals surface area contributed by atoms with E-state index in [0.717, 1.165) is 28.1 Å². The Morgan fingerprint density at radius 3 is 2.73 bits per heavy atom. The molecule has 2 aliphatic heterocycles. The minimum atomic E-state index is -3.26. The number of ether oxygens (including phenoxy) is 1. The molecule has 1 aromatic carbocycles. The lowest BCUT2D eigenvalue weighted by molar-refractivity contribution is -0.0892. The number of aryl methyl sites for hydroxylation is 1. The van der Waals surface area contributed by atoms with Crippen LogP contribution < -0.4 is 15.7 Å². The summed E-state index contributed by atoms with van der Waals surface area (Å²) in [5, 5.41) is 1.88. The van der Waals surface area contributed by atoms with Crippen LogP contribution in [0.25, 0.3) is 5.57 Å². The van der Waals surface area contributed by atoms with E-state index in [0.29, 0.717) is 0 Å². The van der Waals surface area contributed by atoms with Gasteiger partial charge in [0.1, 0.15) is 5.75 Å². The molecule has 1 aromatic rings. The summed E-state index contributed by atoms with van der Waals surface area (Å²) in [5.74, 6) is -3.12. The monoisotopic (exact) mass is 323 g/mol. The van der Waals surface area contributed by atoms with Crippen LogP contribution in [-0.2, 0) is 0 Å². The van der Waals surface area contributed by atoms with Gasteiger partial charge in [0, 0.05) is 6.20 Å². The minimum Gasteiger partial charge on any atom is -0.430 e. The third-order valence-corrected chi connectivity index (χ3v) is 3.58. The minimum absolute atomic E-state index is 0.142. The first kappa shape index (κ1) is 15.0. The maximum atomic E-state index is 12.9. The highest BCUT2D eigenvalue weighted by Crippen LogP contribution is 2.32. The molecule has 1 atom stereocenters. The third-order valence-electron chi connectivity index (χ3n) is 3.47. The fourth-order valence-electron chi connectivity index (χ4n) is 2.44. The van der Waals surface area contributed by atoms with E-state index in [4.69, 9.17) is 0 Å². The predicted molar refractivity (Wildman–Crippen MR) is 84.4 cm³/mol. The van der Waals surface area contributed by atoms with E-state index in [1.807, 2.05) is 37.2 Å². The van der Waals surface area contributed by atoms with E-state index >= 15 is 0 Å². The van der Waals surface area contributed by atoms with Crippen molar-refractivity contribution in [2.75, 3.05) is 0 Å². The van der Waals surface area contributed by atoms with Gasteiger partial charge in [-0.25, -0.2) is 0 Å². The van der Waals surface area contributed by atoms with E-state index < -0.39 is 5.85 Å². The van der Waals surface area contributed by atoms with E-state index in [1.54, 1.807) is 18.2 Å². The Morgan fingerprint density at radius 1 is 1.27 bits per heavy atom. The van der Waals surface area contributed by atoms with Crippen LogP contribution in [0.3, 0.4) is 0 Å². The molecule has 3 rings (SSSR count). The summed E-state index contributed by atoms with van der Waals surface area (Å²) in [7, 11) is 1.37. The van der Waals surface area contributed by atoms with Gasteiger partial charge < -0.3 is 10.2 Å². The lowest BCUT2D eigenvalue weighted by Crippen LogP contribution is -2.34. The molecule has 0 aliphatic carbocycles. The topological polar surface area (TPSA) is 36.5 Å². The van der Waals surface area contributed by atoms with Gasteiger partial charge in [-0.3, -0.25) is 5.01 Å². The predicted octanol–water partition coefficient (Wildman–Crippen LogP) is 3.27. The largest absolute Gasteiger partial charge is 0.430 e. The van der Waals surface area contributed by atoms with Gasteiger partial charge in [0.2, 0.25) is 0 Å². The maximum Gasteiger partial charge on any atom is 0.408 e. The van der Waals surface area contributed by atoms with Crippen LogP contribution in [0.1, 0.15) is 18.1 Å². The summed E-state index contributed by atoms with van der Waals surface area (Å²) >= 11 is 0. The zero-order valence-corrected chi connectivity index (χ0v) is 13.3. The summed E-state index contributed by atoms with van der Waals surface area (Å²) in [4.78, 5) is 0. The van der Waals surface area contributed by atoms with E-state index in [-0.39, 0.29) is 5.75 Å². The first-order valence-corrected chi connectivity index (χ1v) is 7.30. The molecule has 2 heterocycles. The number of hydrogen-bond donors (Lipinski definition) is 2. The molecular weight excluding hydrogens is 307 g/mol. The summed E-state index contributed by atoms with van der Waals surface area (Å²) in [6, 6.07) is 4.95. The van der Waals surface area contributed by atoms with Crippen LogP contribution in [0.15, 0.2) is 47.9 Å². The number of rotatable bonds is 3. The molecule has 4 nitrogen and oxygen atoms in total. The fourth-order valence-corrected chi connectivity index (χ4v) is 2.58. The van der Waals surface area contributed by atoms with Gasteiger partial charge in [-0.05, 0) is 64.1 Å². The molecule has 0 saturated carbocycles. The van der Waals surface area contributed by atoms with Gasteiger partial charge in [0.25, 0.3) is 0 Å². The Labute approximate surface area is 129 Å². The Balaban J connectivity index is 1.91. The SMILES string of the molecule is CC1=C2C=C(c3ccc(OC(F)(F)P)cc3C)C=CN2NN1. The molecule has 0 amide bonds. The first-order chi connectivity index (χ1) is 10.3. The molecule has 0 bridgehead atoms. The van der Waals surface area contributed by atoms with Crippen LogP contribution in [0.4, 0.5) is 8.78 Å². The Morgan fingerprint density at radius 2 is 2.05 bits per heavy atom. The standard InChI is InChI=1S/C15H16F2N3OP/c1-9-7-12(21-15(16,17)22)3-4-13(9)11-5-6-20-14(8-11)10(2)18-19-20/h3-8,18-19H,22H2,1-2H3. The van der Waals surface area contributed by atoms with Crippen molar-refractivity contribution in [1.82, 2.24) is 16.0 Å². The molecule has 2 aliphatic rings. The molecule has 0 aromatic heterocycles. The molecule has 0 saturated heterocycles. The lowest BCUT2D eigenvalue weighted by atomic mass is 9.97. The van der Waals surface area contributed by atoms with Crippen LogP contribution in [-0.4, -0.2) is 10.9 Å². The molecule has 0 spiro atoms. The van der Waals surface area contributed by atoms with Gasteiger partial charge >= 0.3 is 5.85 Å². The summed E-state index contributed by atoms with van der Waals surface area (Å²) in [6.07, 6.45) is 5.91. The highest BCUT2D eigenvalue weighted by Gasteiger charge is 2.24. The number of benzene rings is 1. The van der Waals surface area contributed by atoms with Crippen molar-refractivity contribution < 1.29 is 13.5 Å². The van der Waals surface area contributed by atoms with Gasteiger partial charge in [-0.15, -0.1) is 5.53 Å². The Hall–Kier alpha value is -1.91. The number of fused-ring (bicyclic) bond motifs is 1. The van der Waals surface area contributed by atoms with Crippen LogP contribution in [0.2, 0.25) is 0 Å². The average molecular weight is 323 g/mol. The number of nitrogens with one attached hydrogen (secondary N) is 2. The lowest BCUT2D eigenvalue weighted by Gasteiger charge is -2.20. The average Bonchev–Trinajstić information content (AvgIpc) is 2.78. The maximum absolute atomic E-state index is 12.9. The Kier molecular flexibility index (Phi) is 3.67. The number of allylic oxidation sites excluding steroid dienone is 4. The molecule has 1 unspecified atom stereocenters. The molecule has 2 N–H and O–H groups in total. The van der Waals surface area contributed by atoms with Crippen LogP contribution >= 0.6 is 9.24 Å². The fraction of sp³-hybridized carbons (Fsp3) is 0.200. The van der Waals surface area contributed by atoms with Gasteiger partial charge in [0.05, 0.1) is 11.4 Å². The number of halogens is 2. The number of hydrogen-bond acceptors (Lipinski definition) is 4. The summed E-state index contributed by atoms with van der Waals surface area (Å²) in [6.45, 7) is 3.84. The quantitative estimate of drug-likeness (QED) is 0.837.